The van der Waals surface area contributed by atoms with Crippen LogP contribution in [0, 0.1) is 0 Å². The van der Waals surface area contributed by atoms with Gasteiger partial charge in [0, 0.05) is 12.5 Å². The highest BCUT2D eigenvalue weighted by atomic mass is 28.4. The van der Waals surface area contributed by atoms with Crippen molar-refractivity contribution in [1.82, 2.24) is 0 Å². The first kappa shape index (κ1) is 16.7. The summed E-state index contributed by atoms with van der Waals surface area (Å²) in [6.45, 7) is 12.5. The molecule has 0 aliphatic carbocycles. The van der Waals surface area contributed by atoms with Gasteiger partial charge < -0.3 is 9.16 Å². The molecular weight excluding hydrogens is 276 g/mol. The molecule has 1 aromatic carbocycles. The fourth-order valence-electron chi connectivity index (χ4n) is 2.29. The second kappa shape index (κ2) is 6.63. The normalized spacial score (nSPS) is 20.3. The third-order valence-corrected chi connectivity index (χ3v) is 9.33. The SMILES string of the molecule is CC(C)(C)[Si](C)(C)O[C@@H](CCc1ccccc1)C[C@@H]1CO1. The number of hydrogen-bond acceptors (Lipinski definition) is 2. The summed E-state index contributed by atoms with van der Waals surface area (Å²) in [5.74, 6) is 0. The van der Waals surface area contributed by atoms with Gasteiger partial charge >= 0.3 is 0 Å². The minimum absolute atomic E-state index is 0.266. The molecule has 1 heterocycles. The first-order valence-corrected chi connectivity index (χ1v) is 11.0. The average Bonchev–Trinajstić information content (AvgIpc) is 3.19. The van der Waals surface area contributed by atoms with E-state index < -0.39 is 8.32 Å². The minimum Gasteiger partial charge on any atom is -0.414 e. The summed E-state index contributed by atoms with van der Waals surface area (Å²) < 4.78 is 12.1. The van der Waals surface area contributed by atoms with Crippen LogP contribution in [0.1, 0.15) is 39.2 Å². The Morgan fingerprint density at radius 3 is 2.38 bits per heavy atom. The van der Waals surface area contributed by atoms with E-state index in [2.05, 4.69) is 64.2 Å². The van der Waals surface area contributed by atoms with E-state index in [9.17, 15) is 0 Å². The highest BCUT2D eigenvalue weighted by Crippen LogP contribution is 2.38. The molecule has 0 N–H and O–H groups in total. The van der Waals surface area contributed by atoms with Crippen LogP contribution in [-0.2, 0) is 15.6 Å². The summed E-state index contributed by atoms with van der Waals surface area (Å²) in [5.41, 5.74) is 1.40. The van der Waals surface area contributed by atoms with Crippen LogP contribution >= 0.6 is 0 Å². The third-order valence-electron chi connectivity index (χ3n) is 4.79. The van der Waals surface area contributed by atoms with Gasteiger partial charge in [-0.25, -0.2) is 0 Å². The van der Waals surface area contributed by atoms with Crippen LogP contribution in [-0.4, -0.2) is 27.1 Å². The van der Waals surface area contributed by atoms with Crippen molar-refractivity contribution in [2.75, 3.05) is 6.61 Å². The second-order valence-corrected chi connectivity index (χ2v) is 12.5. The summed E-state index contributed by atoms with van der Waals surface area (Å²) >= 11 is 0. The molecule has 0 unspecified atom stereocenters. The largest absolute Gasteiger partial charge is 0.414 e. The van der Waals surface area contributed by atoms with Crippen LogP contribution in [0.4, 0.5) is 0 Å². The number of ether oxygens (including phenoxy) is 1. The van der Waals surface area contributed by atoms with Crippen molar-refractivity contribution in [2.24, 2.45) is 0 Å². The van der Waals surface area contributed by atoms with Crippen molar-refractivity contribution in [3.63, 3.8) is 0 Å². The van der Waals surface area contributed by atoms with E-state index in [1.165, 1.54) is 5.56 Å². The molecule has 0 radical (unpaired) electrons. The van der Waals surface area contributed by atoms with Gasteiger partial charge in [-0.3, -0.25) is 0 Å². The van der Waals surface area contributed by atoms with E-state index in [1.54, 1.807) is 0 Å². The van der Waals surface area contributed by atoms with Gasteiger partial charge in [-0.05, 0) is 36.5 Å². The molecule has 0 aromatic heterocycles. The van der Waals surface area contributed by atoms with E-state index in [1.807, 2.05) is 0 Å². The zero-order chi connectivity index (χ0) is 15.5. The molecule has 0 spiro atoms. The van der Waals surface area contributed by atoms with Gasteiger partial charge in [-0.1, -0.05) is 51.1 Å². The zero-order valence-corrected chi connectivity index (χ0v) is 15.2. The Bertz CT molecular complexity index is 432. The van der Waals surface area contributed by atoms with Crippen LogP contribution in [0.5, 0.6) is 0 Å². The Balaban J connectivity index is 1.94. The van der Waals surface area contributed by atoms with Crippen molar-refractivity contribution < 1.29 is 9.16 Å². The van der Waals surface area contributed by atoms with E-state index in [0.717, 1.165) is 25.9 Å². The number of rotatable bonds is 7. The van der Waals surface area contributed by atoms with Crippen LogP contribution in [0.3, 0.4) is 0 Å². The van der Waals surface area contributed by atoms with Crippen LogP contribution < -0.4 is 0 Å². The molecule has 2 nitrogen and oxygen atoms in total. The Hall–Kier alpha value is -0.643. The molecule has 2 rings (SSSR count). The summed E-state index contributed by atoms with van der Waals surface area (Å²) in [6.07, 6.45) is 4.01. The van der Waals surface area contributed by atoms with E-state index in [-0.39, 0.29) is 5.04 Å². The Kier molecular flexibility index (Phi) is 5.28. The molecule has 118 valence electrons. The van der Waals surface area contributed by atoms with Gasteiger partial charge in [0.05, 0.1) is 12.7 Å². The van der Waals surface area contributed by atoms with Crippen molar-refractivity contribution in [1.29, 1.82) is 0 Å². The monoisotopic (exact) mass is 306 g/mol. The molecule has 1 fully saturated rings. The topological polar surface area (TPSA) is 21.8 Å². The summed E-state index contributed by atoms with van der Waals surface area (Å²) in [6, 6.07) is 10.7. The maximum Gasteiger partial charge on any atom is 0.192 e. The molecule has 0 bridgehead atoms. The predicted molar refractivity (Wildman–Crippen MR) is 91.2 cm³/mol. The summed E-state index contributed by atoms with van der Waals surface area (Å²) in [5, 5.41) is 0.266. The molecule has 0 saturated carbocycles. The molecule has 1 aliphatic heterocycles. The predicted octanol–water partition coefficient (Wildman–Crippen LogP) is 4.80. The lowest BCUT2D eigenvalue weighted by Crippen LogP contribution is -2.44. The smallest absolute Gasteiger partial charge is 0.192 e. The Morgan fingerprint density at radius 2 is 1.86 bits per heavy atom. The van der Waals surface area contributed by atoms with Crippen molar-refractivity contribution in [2.45, 2.75) is 70.4 Å². The molecular formula is C18H30O2Si. The van der Waals surface area contributed by atoms with Gasteiger partial charge in [0.1, 0.15) is 0 Å². The maximum absolute atomic E-state index is 6.63. The summed E-state index contributed by atoms with van der Waals surface area (Å²) in [4.78, 5) is 0. The number of aryl methyl sites for hydroxylation is 1. The third kappa shape index (κ3) is 5.24. The van der Waals surface area contributed by atoms with E-state index in [0.29, 0.717) is 12.2 Å². The van der Waals surface area contributed by atoms with Gasteiger partial charge in [0.15, 0.2) is 8.32 Å². The first-order valence-electron chi connectivity index (χ1n) is 8.11. The highest BCUT2D eigenvalue weighted by Gasteiger charge is 2.40. The molecule has 1 saturated heterocycles. The average molecular weight is 307 g/mol. The van der Waals surface area contributed by atoms with E-state index >= 15 is 0 Å². The molecule has 3 heteroatoms. The quantitative estimate of drug-likeness (QED) is 0.533. The van der Waals surface area contributed by atoms with Gasteiger partial charge in [0.25, 0.3) is 0 Å². The standard InChI is InChI=1S/C18H30O2Si/c1-18(2,3)21(4,5)20-16(13-17-14-19-17)12-11-15-9-7-6-8-10-15/h6-10,16-17H,11-14H2,1-5H3/t16-,17+/m0/s1. The minimum atomic E-state index is -1.70. The summed E-state index contributed by atoms with van der Waals surface area (Å²) in [7, 11) is -1.70. The van der Waals surface area contributed by atoms with Gasteiger partial charge in [0.2, 0.25) is 0 Å². The van der Waals surface area contributed by atoms with Crippen molar-refractivity contribution in [3.8, 4) is 0 Å². The number of epoxide rings is 1. The van der Waals surface area contributed by atoms with Crippen molar-refractivity contribution >= 4 is 8.32 Å². The van der Waals surface area contributed by atoms with Crippen LogP contribution in [0.15, 0.2) is 30.3 Å². The fraction of sp³-hybridized carbons (Fsp3) is 0.667. The second-order valence-electron chi connectivity index (χ2n) is 7.72. The molecule has 1 aromatic rings. The van der Waals surface area contributed by atoms with Crippen LogP contribution in [0.25, 0.3) is 0 Å². The van der Waals surface area contributed by atoms with Gasteiger partial charge in [-0.2, -0.15) is 0 Å². The maximum atomic E-state index is 6.63. The molecule has 0 amide bonds. The Morgan fingerprint density at radius 1 is 1.24 bits per heavy atom. The molecule has 1 aliphatic rings. The van der Waals surface area contributed by atoms with E-state index in [4.69, 9.17) is 9.16 Å². The Labute approximate surface area is 131 Å². The molecule has 2 atom stereocenters. The lowest BCUT2D eigenvalue weighted by molar-refractivity contribution is 0.150. The highest BCUT2D eigenvalue weighted by molar-refractivity contribution is 6.74. The lowest BCUT2D eigenvalue weighted by Gasteiger charge is -2.39. The number of benzene rings is 1. The first-order chi connectivity index (χ1) is 9.78. The number of hydrogen-bond donors (Lipinski definition) is 0. The fourth-order valence-corrected chi connectivity index (χ4v) is 3.69. The van der Waals surface area contributed by atoms with Crippen LogP contribution in [0.2, 0.25) is 18.1 Å². The lowest BCUT2D eigenvalue weighted by atomic mass is 10.0. The molecule has 21 heavy (non-hydrogen) atoms. The zero-order valence-electron chi connectivity index (χ0n) is 14.2. The van der Waals surface area contributed by atoms with Gasteiger partial charge in [-0.15, -0.1) is 0 Å². The van der Waals surface area contributed by atoms with Crippen molar-refractivity contribution in [3.05, 3.63) is 35.9 Å².